The van der Waals surface area contributed by atoms with Gasteiger partial charge in [-0.25, -0.2) is 9.97 Å². The van der Waals surface area contributed by atoms with Gasteiger partial charge in [0, 0.05) is 29.7 Å². The average molecular weight is 435 g/mol. The summed E-state index contributed by atoms with van der Waals surface area (Å²) in [6.07, 6.45) is 3.67. The molecule has 5 nitrogen and oxygen atoms in total. The lowest BCUT2D eigenvalue weighted by Gasteiger charge is -2.26. The van der Waals surface area contributed by atoms with Gasteiger partial charge in [-0.15, -0.1) is 0 Å². The lowest BCUT2D eigenvalue weighted by Crippen LogP contribution is -2.28. The number of carbonyl (C=O) groups is 1. The highest BCUT2D eigenvalue weighted by molar-refractivity contribution is 5.92. The third-order valence-electron chi connectivity index (χ3n) is 5.99. The van der Waals surface area contributed by atoms with Crippen molar-refractivity contribution >= 4 is 22.4 Å². The zero-order valence-electron chi connectivity index (χ0n) is 18.8. The third-order valence-corrected chi connectivity index (χ3v) is 5.99. The number of nitrogens with one attached hydrogen (secondary N) is 1. The van der Waals surface area contributed by atoms with Crippen LogP contribution in [0.1, 0.15) is 34.4 Å². The van der Waals surface area contributed by atoms with Gasteiger partial charge in [-0.1, -0.05) is 60.7 Å². The molecule has 0 spiro atoms. The molecule has 1 unspecified atom stereocenters. The maximum Gasteiger partial charge on any atom is 0.247 e. The summed E-state index contributed by atoms with van der Waals surface area (Å²) in [6.45, 7) is 5.10. The maximum atomic E-state index is 12.7. The Morgan fingerprint density at radius 3 is 2.42 bits per heavy atom. The molecule has 0 aliphatic carbocycles. The number of benzene rings is 3. The minimum Gasteiger partial charge on any atom is -0.378 e. The second kappa shape index (κ2) is 8.87. The Hall–Kier alpha value is -3.99. The van der Waals surface area contributed by atoms with Gasteiger partial charge in [-0.2, -0.15) is 0 Å². The van der Waals surface area contributed by atoms with Gasteiger partial charge in [-0.05, 0) is 53.9 Å². The molecule has 164 valence electrons. The van der Waals surface area contributed by atoms with E-state index in [0.29, 0.717) is 13.1 Å². The van der Waals surface area contributed by atoms with E-state index in [0.717, 1.165) is 34.0 Å². The highest BCUT2D eigenvalue weighted by Gasteiger charge is 2.27. The number of aryl methyl sites for hydroxylation is 2. The standard InChI is InChI=1S/C28H26N4O/c1-19-16-20(2)31-27(30-19)17-29-24-12-10-22(11-13-24)26-14-15-28(33)32(26)18-23-8-5-7-21-6-3-4-9-25(21)23/h3-16,26,29H,17-18H2,1-2H3. The first-order chi connectivity index (χ1) is 16.1. The molecule has 1 amide bonds. The van der Waals surface area contributed by atoms with Gasteiger partial charge >= 0.3 is 0 Å². The third kappa shape index (κ3) is 4.48. The monoisotopic (exact) mass is 434 g/mol. The number of rotatable bonds is 6. The fraction of sp³-hybridized carbons (Fsp3) is 0.179. The summed E-state index contributed by atoms with van der Waals surface area (Å²) in [4.78, 5) is 23.6. The van der Waals surface area contributed by atoms with E-state index in [1.165, 1.54) is 10.8 Å². The Balaban J connectivity index is 1.31. The predicted octanol–water partition coefficient (Wildman–Crippen LogP) is 5.50. The Kier molecular flexibility index (Phi) is 5.61. The quantitative estimate of drug-likeness (QED) is 0.435. The summed E-state index contributed by atoms with van der Waals surface area (Å²) in [7, 11) is 0. The lowest BCUT2D eigenvalue weighted by atomic mass is 10.0. The SMILES string of the molecule is Cc1cc(C)nc(CNc2ccc(C3C=CC(=O)N3Cc3cccc4ccccc34)cc2)n1. The van der Waals surface area contributed by atoms with Crippen molar-refractivity contribution in [2.45, 2.75) is 33.0 Å². The highest BCUT2D eigenvalue weighted by Crippen LogP contribution is 2.31. The van der Waals surface area contributed by atoms with E-state index in [9.17, 15) is 4.79 Å². The van der Waals surface area contributed by atoms with Crippen LogP contribution in [0.5, 0.6) is 0 Å². The molecule has 33 heavy (non-hydrogen) atoms. The molecule has 0 bridgehead atoms. The van der Waals surface area contributed by atoms with Crippen LogP contribution in [0.2, 0.25) is 0 Å². The van der Waals surface area contributed by atoms with Crippen LogP contribution in [-0.2, 0) is 17.9 Å². The van der Waals surface area contributed by atoms with E-state index in [4.69, 9.17) is 0 Å². The number of fused-ring (bicyclic) bond motifs is 1. The molecule has 1 aliphatic rings. The summed E-state index contributed by atoms with van der Waals surface area (Å²) in [5, 5.41) is 5.77. The Bertz CT molecular complexity index is 1320. The van der Waals surface area contributed by atoms with Crippen LogP contribution in [0.4, 0.5) is 5.69 Å². The number of anilines is 1. The number of aromatic nitrogens is 2. The minimum absolute atomic E-state index is 0.0436. The Morgan fingerprint density at radius 2 is 1.64 bits per heavy atom. The number of amides is 1. The minimum atomic E-state index is -0.0757. The van der Waals surface area contributed by atoms with Crippen molar-refractivity contribution in [2.75, 3.05) is 5.32 Å². The molecule has 5 heteroatoms. The van der Waals surface area contributed by atoms with E-state index >= 15 is 0 Å². The number of hydrogen-bond donors (Lipinski definition) is 1. The predicted molar refractivity (Wildman–Crippen MR) is 132 cm³/mol. The van der Waals surface area contributed by atoms with Gasteiger partial charge < -0.3 is 10.2 Å². The first kappa shape index (κ1) is 20.9. The zero-order chi connectivity index (χ0) is 22.8. The molecular formula is C28H26N4O. The fourth-order valence-electron chi connectivity index (χ4n) is 4.45. The topological polar surface area (TPSA) is 58.1 Å². The second-order valence-electron chi connectivity index (χ2n) is 8.45. The van der Waals surface area contributed by atoms with E-state index in [1.807, 2.05) is 55.2 Å². The van der Waals surface area contributed by atoms with Crippen LogP contribution in [0.3, 0.4) is 0 Å². The molecule has 0 saturated carbocycles. The van der Waals surface area contributed by atoms with Crippen LogP contribution >= 0.6 is 0 Å². The van der Waals surface area contributed by atoms with E-state index in [2.05, 4.69) is 57.7 Å². The summed E-state index contributed by atoms with van der Waals surface area (Å²) >= 11 is 0. The smallest absolute Gasteiger partial charge is 0.247 e. The molecule has 3 aromatic carbocycles. The summed E-state index contributed by atoms with van der Waals surface area (Å²) in [6, 6.07) is 24.7. The van der Waals surface area contributed by atoms with Crippen molar-refractivity contribution in [3.8, 4) is 0 Å². The zero-order valence-corrected chi connectivity index (χ0v) is 18.8. The number of hydrogen-bond acceptors (Lipinski definition) is 4. The van der Waals surface area contributed by atoms with Gasteiger partial charge in [0.15, 0.2) is 0 Å². The number of carbonyl (C=O) groups excluding carboxylic acids is 1. The van der Waals surface area contributed by atoms with Gasteiger partial charge in [0.1, 0.15) is 5.82 Å². The molecule has 0 saturated heterocycles. The number of nitrogens with zero attached hydrogens (tertiary/aromatic N) is 3. The molecule has 1 atom stereocenters. The van der Waals surface area contributed by atoms with Crippen LogP contribution in [0, 0.1) is 13.8 Å². The van der Waals surface area contributed by atoms with Crippen LogP contribution in [0.15, 0.2) is 84.9 Å². The first-order valence-electron chi connectivity index (χ1n) is 11.2. The van der Waals surface area contributed by atoms with Crippen molar-refractivity contribution in [3.05, 3.63) is 113 Å². The molecule has 0 fully saturated rings. The first-order valence-corrected chi connectivity index (χ1v) is 11.2. The van der Waals surface area contributed by atoms with Gasteiger partial charge in [0.25, 0.3) is 0 Å². The van der Waals surface area contributed by atoms with Crippen molar-refractivity contribution in [1.82, 2.24) is 14.9 Å². The second-order valence-corrected chi connectivity index (χ2v) is 8.45. The molecule has 1 aliphatic heterocycles. The van der Waals surface area contributed by atoms with Crippen molar-refractivity contribution < 1.29 is 4.79 Å². The van der Waals surface area contributed by atoms with Crippen molar-refractivity contribution in [3.63, 3.8) is 0 Å². The molecule has 1 aromatic heterocycles. The normalized spacial score (nSPS) is 15.4. The Morgan fingerprint density at radius 1 is 0.909 bits per heavy atom. The van der Waals surface area contributed by atoms with E-state index in [1.54, 1.807) is 6.08 Å². The van der Waals surface area contributed by atoms with Crippen LogP contribution < -0.4 is 5.32 Å². The van der Waals surface area contributed by atoms with Crippen molar-refractivity contribution in [2.24, 2.45) is 0 Å². The average Bonchev–Trinajstić information content (AvgIpc) is 3.18. The van der Waals surface area contributed by atoms with Crippen LogP contribution in [0.25, 0.3) is 10.8 Å². The molecule has 0 radical (unpaired) electrons. The summed E-state index contributed by atoms with van der Waals surface area (Å²) in [5.41, 5.74) is 5.18. The molecule has 4 aromatic rings. The summed E-state index contributed by atoms with van der Waals surface area (Å²) < 4.78 is 0. The van der Waals surface area contributed by atoms with Gasteiger partial charge in [0.2, 0.25) is 5.91 Å². The Labute approximate surface area is 193 Å². The lowest BCUT2D eigenvalue weighted by molar-refractivity contribution is -0.126. The molecule has 1 N–H and O–H groups in total. The van der Waals surface area contributed by atoms with E-state index in [-0.39, 0.29) is 11.9 Å². The van der Waals surface area contributed by atoms with Crippen LogP contribution in [-0.4, -0.2) is 20.8 Å². The van der Waals surface area contributed by atoms with Gasteiger partial charge in [0.05, 0.1) is 12.6 Å². The van der Waals surface area contributed by atoms with Gasteiger partial charge in [-0.3, -0.25) is 4.79 Å². The van der Waals surface area contributed by atoms with Crippen molar-refractivity contribution in [1.29, 1.82) is 0 Å². The molecular weight excluding hydrogens is 408 g/mol. The highest BCUT2D eigenvalue weighted by atomic mass is 16.2. The van der Waals surface area contributed by atoms with E-state index < -0.39 is 0 Å². The molecule has 5 rings (SSSR count). The molecule has 2 heterocycles. The fourth-order valence-corrected chi connectivity index (χ4v) is 4.45. The largest absolute Gasteiger partial charge is 0.378 e. The summed E-state index contributed by atoms with van der Waals surface area (Å²) in [5.74, 6) is 0.823. The maximum absolute atomic E-state index is 12.7.